The molecule has 1 aromatic rings. The molecule has 4 heteroatoms. The minimum atomic E-state index is 0.0503. The highest BCUT2D eigenvalue weighted by molar-refractivity contribution is 8.20. The van der Waals surface area contributed by atoms with Crippen LogP contribution >= 0.6 is 23.5 Å². The summed E-state index contributed by atoms with van der Waals surface area (Å²) in [6, 6.07) is 8.55. The summed E-state index contributed by atoms with van der Waals surface area (Å²) in [5.74, 6) is 0.258. The van der Waals surface area contributed by atoms with Crippen molar-refractivity contribution in [1.82, 2.24) is 5.32 Å². The molecule has 2 aliphatic heterocycles. The van der Waals surface area contributed by atoms with Gasteiger partial charge in [0.25, 0.3) is 0 Å². The summed E-state index contributed by atoms with van der Waals surface area (Å²) >= 11 is 3.83. The molecule has 1 spiro atoms. The molecule has 84 valence electrons. The normalized spacial score (nSPS) is 25.9. The van der Waals surface area contributed by atoms with Crippen molar-refractivity contribution in [3.8, 4) is 0 Å². The molecule has 0 saturated carbocycles. The van der Waals surface area contributed by atoms with Crippen molar-refractivity contribution in [3.05, 3.63) is 24.3 Å². The van der Waals surface area contributed by atoms with Gasteiger partial charge in [-0.3, -0.25) is 4.79 Å². The highest BCUT2D eigenvalue weighted by Gasteiger charge is 2.46. The van der Waals surface area contributed by atoms with E-state index in [9.17, 15) is 4.79 Å². The molecule has 0 radical (unpaired) electrons. The number of carbonyl (C=O) groups excluding carboxylic acids is 1. The molecular weight excluding hydrogens is 238 g/mol. The monoisotopic (exact) mass is 251 g/mol. The van der Waals surface area contributed by atoms with Gasteiger partial charge < -0.3 is 5.32 Å². The number of hydrogen-bond acceptors (Lipinski definition) is 4. The van der Waals surface area contributed by atoms with Gasteiger partial charge in [0.05, 0.1) is 10.1 Å². The Kier molecular flexibility index (Phi) is 2.53. The SMILES string of the molecule is CC(=O)C1CC2(CN1)Sc1ccccc1S2. The maximum atomic E-state index is 11.4. The van der Waals surface area contributed by atoms with E-state index in [-0.39, 0.29) is 15.9 Å². The fourth-order valence-electron chi connectivity index (χ4n) is 2.22. The van der Waals surface area contributed by atoms with Gasteiger partial charge in [-0.15, -0.1) is 23.5 Å². The van der Waals surface area contributed by atoms with Crippen LogP contribution in [0.15, 0.2) is 34.1 Å². The Balaban J connectivity index is 1.83. The van der Waals surface area contributed by atoms with Crippen LogP contribution in [0.3, 0.4) is 0 Å². The zero-order valence-electron chi connectivity index (χ0n) is 9.03. The molecule has 1 atom stereocenters. The van der Waals surface area contributed by atoms with E-state index in [1.54, 1.807) is 6.92 Å². The van der Waals surface area contributed by atoms with Crippen molar-refractivity contribution in [2.24, 2.45) is 0 Å². The first-order valence-corrected chi connectivity index (χ1v) is 7.03. The van der Waals surface area contributed by atoms with Crippen LogP contribution in [0.4, 0.5) is 0 Å². The lowest BCUT2D eigenvalue weighted by Crippen LogP contribution is -2.28. The number of rotatable bonds is 1. The van der Waals surface area contributed by atoms with Crippen LogP contribution < -0.4 is 5.32 Å². The molecule has 2 aliphatic rings. The van der Waals surface area contributed by atoms with E-state index in [1.807, 2.05) is 23.5 Å². The molecule has 3 rings (SSSR count). The van der Waals surface area contributed by atoms with Gasteiger partial charge >= 0.3 is 0 Å². The molecule has 0 bridgehead atoms. The highest BCUT2D eigenvalue weighted by Crippen LogP contribution is 2.58. The molecule has 1 aromatic carbocycles. The maximum absolute atomic E-state index is 11.4. The first-order valence-electron chi connectivity index (χ1n) is 5.39. The largest absolute Gasteiger partial charge is 0.305 e. The van der Waals surface area contributed by atoms with Crippen molar-refractivity contribution in [3.63, 3.8) is 0 Å². The van der Waals surface area contributed by atoms with Gasteiger partial charge in [-0.25, -0.2) is 0 Å². The molecular formula is C12H13NOS2. The first kappa shape index (κ1) is 10.7. The fourth-order valence-corrected chi connectivity index (χ4v) is 5.42. The molecule has 0 amide bonds. The number of nitrogens with one attached hydrogen (secondary N) is 1. The van der Waals surface area contributed by atoms with E-state index in [0.29, 0.717) is 0 Å². The van der Waals surface area contributed by atoms with Gasteiger partial charge in [-0.05, 0) is 25.5 Å². The Labute approximate surface area is 104 Å². The first-order chi connectivity index (χ1) is 7.69. The average molecular weight is 251 g/mol. The minimum absolute atomic E-state index is 0.0503. The number of Topliss-reactive ketones (excluding diaryl/α,β-unsaturated/α-hetero) is 1. The Morgan fingerprint density at radius 2 is 2.00 bits per heavy atom. The predicted octanol–water partition coefficient (Wildman–Crippen LogP) is 2.53. The van der Waals surface area contributed by atoms with Crippen LogP contribution in [0.2, 0.25) is 0 Å². The van der Waals surface area contributed by atoms with Crippen LogP contribution in [0.5, 0.6) is 0 Å². The Hall–Kier alpha value is -0.450. The number of fused-ring (bicyclic) bond motifs is 1. The Morgan fingerprint density at radius 3 is 2.50 bits per heavy atom. The average Bonchev–Trinajstić information content (AvgIpc) is 2.82. The molecule has 2 heterocycles. The van der Waals surface area contributed by atoms with E-state index >= 15 is 0 Å². The third-order valence-electron chi connectivity index (χ3n) is 3.06. The molecule has 1 fully saturated rings. The van der Waals surface area contributed by atoms with Crippen molar-refractivity contribution < 1.29 is 4.79 Å². The quantitative estimate of drug-likeness (QED) is 0.830. The van der Waals surface area contributed by atoms with Gasteiger partial charge in [-0.2, -0.15) is 0 Å². The van der Waals surface area contributed by atoms with Crippen LogP contribution in [0.25, 0.3) is 0 Å². The number of benzene rings is 1. The number of thioether (sulfide) groups is 2. The zero-order valence-corrected chi connectivity index (χ0v) is 10.7. The lowest BCUT2D eigenvalue weighted by atomic mass is 10.1. The van der Waals surface area contributed by atoms with Gasteiger partial charge in [0.15, 0.2) is 0 Å². The van der Waals surface area contributed by atoms with E-state index in [0.717, 1.165) is 13.0 Å². The van der Waals surface area contributed by atoms with Gasteiger partial charge in [0.2, 0.25) is 0 Å². The lowest BCUT2D eigenvalue weighted by Gasteiger charge is -2.18. The molecule has 16 heavy (non-hydrogen) atoms. The Bertz CT molecular complexity index is 421. The molecule has 1 saturated heterocycles. The van der Waals surface area contributed by atoms with E-state index in [2.05, 4.69) is 29.6 Å². The number of hydrogen-bond donors (Lipinski definition) is 1. The van der Waals surface area contributed by atoms with Crippen molar-refractivity contribution in [2.45, 2.75) is 33.3 Å². The molecule has 1 unspecified atom stereocenters. The second-order valence-corrected chi connectivity index (χ2v) is 7.42. The number of carbonyl (C=O) groups is 1. The Morgan fingerprint density at radius 1 is 1.38 bits per heavy atom. The summed E-state index contributed by atoms with van der Waals surface area (Å²) in [6.45, 7) is 2.59. The second kappa shape index (κ2) is 3.79. The molecule has 0 aromatic heterocycles. The second-order valence-electron chi connectivity index (χ2n) is 4.31. The summed E-state index contributed by atoms with van der Waals surface area (Å²) in [4.78, 5) is 14.1. The van der Waals surface area contributed by atoms with Crippen molar-refractivity contribution in [2.75, 3.05) is 6.54 Å². The van der Waals surface area contributed by atoms with Crippen LogP contribution in [-0.2, 0) is 4.79 Å². The predicted molar refractivity (Wildman–Crippen MR) is 68.0 cm³/mol. The summed E-state index contributed by atoms with van der Waals surface area (Å²) in [5, 5.41) is 3.33. The highest BCUT2D eigenvalue weighted by atomic mass is 32.2. The molecule has 0 aliphatic carbocycles. The lowest BCUT2D eigenvalue weighted by molar-refractivity contribution is -0.118. The van der Waals surface area contributed by atoms with E-state index in [1.165, 1.54) is 9.79 Å². The molecule has 2 nitrogen and oxygen atoms in total. The maximum Gasteiger partial charge on any atom is 0.146 e. The topological polar surface area (TPSA) is 29.1 Å². The zero-order chi connectivity index (χ0) is 11.2. The summed E-state index contributed by atoms with van der Waals surface area (Å²) in [6.07, 6.45) is 0.937. The fraction of sp³-hybridized carbons (Fsp3) is 0.417. The smallest absolute Gasteiger partial charge is 0.146 e. The van der Waals surface area contributed by atoms with Gasteiger partial charge in [0, 0.05) is 16.3 Å². The van der Waals surface area contributed by atoms with E-state index in [4.69, 9.17) is 0 Å². The van der Waals surface area contributed by atoms with Crippen molar-refractivity contribution in [1.29, 1.82) is 0 Å². The summed E-state index contributed by atoms with van der Waals surface area (Å²) in [7, 11) is 0. The summed E-state index contributed by atoms with van der Waals surface area (Å²) in [5.41, 5.74) is 0. The molecule has 1 N–H and O–H groups in total. The van der Waals surface area contributed by atoms with Gasteiger partial charge in [-0.1, -0.05) is 12.1 Å². The van der Waals surface area contributed by atoms with Crippen LogP contribution in [-0.4, -0.2) is 22.4 Å². The van der Waals surface area contributed by atoms with E-state index < -0.39 is 0 Å². The van der Waals surface area contributed by atoms with Crippen LogP contribution in [0, 0.1) is 0 Å². The number of ketones is 1. The van der Waals surface area contributed by atoms with Crippen LogP contribution in [0.1, 0.15) is 13.3 Å². The van der Waals surface area contributed by atoms with Gasteiger partial charge in [0.1, 0.15) is 5.78 Å². The standard InChI is InChI=1S/C12H13NOS2/c1-8(14)9-6-12(7-13-9)15-10-4-2-3-5-11(10)16-12/h2-5,9,13H,6-7H2,1H3. The third-order valence-corrected chi connectivity index (χ3v) is 6.21. The summed E-state index contributed by atoms with van der Waals surface area (Å²) < 4.78 is 0.153. The van der Waals surface area contributed by atoms with Crippen molar-refractivity contribution >= 4 is 29.3 Å². The minimum Gasteiger partial charge on any atom is -0.305 e. The third kappa shape index (κ3) is 1.69.